The van der Waals surface area contributed by atoms with Crippen LogP contribution in [0.4, 0.5) is 0 Å². The van der Waals surface area contributed by atoms with Gasteiger partial charge in [-0.1, -0.05) is 30.8 Å². The molecule has 5 nitrogen and oxygen atoms in total. The third-order valence-corrected chi connectivity index (χ3v) is 3.13. The summed E-state index contributed by atoms with van der Waals surface area (Å²) in [6.45, 7) is 3.84. The summed E-state index contributed by atoms with van der Waals surface area (Å²) in [5.74, 6) is -1.19. The van der Waals surface area contributed by atoms with Crippen LogP contribution in [-0.2, 0) is 17.8 Å². The molecule has 0 aliphatic carbocycles. The molecule has 2 aromatic rings. The van der Waals surface area contributed by atoms with Gasteiger partial charge in [-0.2, -0.15) is 0 Å². The van der Waals surface area contributed by atoms with E-state index in [2.05, 4.69) is 16.9 Å². The molecule has 112 valence electrons. The fourth-order valence-corrected chi connectivity index (χ4v) is 1.97. The fraction of sp³-hybridized carbons (Fsp3) is 0.118. The predicted octanol–water partition coefficient (Wildman–Crippen LogP) is 2.17. The second kappa shape index (κ2) is 7.17. The lowest BCUT2D eigenvalue weighted by atomic mass is 10.0. The van der Waals surface area contributed by atoms with Gasteiger partial charge in [0.15, 0.2) is 0 Å². The third kappa shape index (κ3) is 4.28. The first-order chi connectivity index (χ1) is 10.6. The molecule has 5 heteroatoms. The van der Waals surface area contributed by atoms with Crippen LogP contribution in [0.1, 0.15) is 27.0 Å². The van der Waals surface area contributed by atoms with E-state index in [1.54, 1.807) is 12.3 Å². The van der Waals surface area contributed by atoms with Crippen LogP contribution in [0.2, 0.25) is 0 Å². The Morgan fingerprint density at radius 1 is 1.14 bits per heavy atom. The lowest BCUT2D eigenvalue weighted by Gasteiger charge is -2.06. The molecule has 1 aromatic heterocycles. The first-order valence-corrected chi connectivity index (χ1v) is 6.74. The highest BCUT2D eigenvalue weighted by atomic mass is 16.4. The van der Waals surface area contributed by atoms with Crippen molar-refractivity contribution in [2.24, 2.45) is 0 Å². The summed E-state index contributed by atoms with van der Waals surface area (Å²) in [4.78, 5) is 26.0. The maximum absolute atomic E-state index is 11.1. The number of carboxylic acids is 1. The second-order valence-corrected chi connectivity index (χ2v) is 4.80. The van der Waals surface area contributed by atoms with Crippen LogP contribution in [0, 0.1) is 0 Å². The van der Waals surface area contributed by atoms with Gasteiger partial charge in [-0.3, -0.25) is 9.78 Å². The van der Waals surface area contributed by atoms with Gasteiger partial charge < -0.3 is 10.4 Å². The maximum atomic E-state index is 11.1. The molecule has 0 atom stereocenters. The van der Waals surface area contributed by atoms with E-state index in [-0.39, 0.29) is 11.5 Å². The smallest absolute Gasteiger partial charge is 0.337 e. The number of carboxylic acid groups (broad SMARTS) is 1. The number of aromatic nitrogens is 1. The highest BCUT2D eigenvalue weighted by molar-refractivity contribution is 5.87. The van der Waals surface area contributed by atoms with Crippen LogP contribution < -0.4 is 5.32 Å². The summed E-state index contributed by atoms with van der Waals surface area (Å²) in [5.41, 5.74) is 3.05. The minimum absolute atomic E-state index is 0.182. The van der Waals surface area contributed by atoms with Crippen LogP contribution in [0.5, 0.6) is 0 Å². The Kier molecular flexibility index (Phi) is 5.03. The van der Waals surface area contributed by atoms with Gasteiger partial charge in [0.25, 0.3) is 0 Å². The number of hydrogen-bond acceptors (Lipinski definition) is 3. The van der Waals surface area contributed by atoms with Crippen molar-refractivity contribution < 1.29 is 14.7 Å². The largest absolute Gasteiger partial charge is 0.478 e. The van der Waals surface area contributed by atoms with E-state index in [1.165, 1.54) is 12.3 Å². The highest BCUT2D eigenvalue weighted by Gasteiger charge is 2.05. The van der Waals surface area contributed by atoms with E-state index < -0.39 is 5.97 Å². The summed E-state index contributed by atoms with van der Waals surface area (Å²) in [7, 11) is 0. The standard InChI is InChI=1S/C17H16N2O3/c1-2-16(20)19-10-13-5-3-12(4-6-13)7-14-8-15(17(21)22)11-18-9-14/h2-6,8-9,11H,1,7,10H2,(H,19,20)(H,21,22). The monoisotopic (exact) mass is 296 g/mol. The number of aromatic carboxylic acids is 1. The molecule has 22 heavy (non-hydrogen) atoms. The minimum atomic E-state index is -0.984. The number of pyridine rings is 1. The Hall–Kier alpha value is -2.95. The van der Waals surface area contributed by atoms with E-state index in [4.69, 9.17) is 5.11 Å². The molecule has 0 aliphatic rings. The van der Waals surface area contributed by atoms with Crippen molar-refractivity contribution >= 4 is 11.9 Å². The molecule has 2 rings (SSSR count). The van der Waals surface area contributed by atoms with Gasteiger partial charge in [-0.25, -0.2) is 4.79 Å². The van der Waals surface area contributed by atoms with Crippen molar-refractivity contribution in [3.63, 3.8) is 0 Å². The number of nitrogens with zero attached hydrogens (tertiary/aromatic N) is 1. The fourth-order valence-electron chi connectivity index (χ4n) is 1.97. The van der Waals surface area contributed by atoms with E-state index in [9.17, 15) is 9.59 Å². The molecule has 0 unspecified atom stereocenters. The van der Waals surface area contributed by atoms with E-state index in [1.807, 2.05) is 24.3 Å². The Labute approximate surface area is 128 Å². The summed E-state index contributed by atoms with van der Waals surface area (Å²) in [6, 6.07) is 9.36. The molecule has 1 aromatic carbocycles. The quantitative estimate of drug-likeness (QED) is 0.801. The number of carbonyl (C=O) groups excluding carboxylic acids is 1. The molecular formula is C17H16N2O3. The summed E-state index contributed by atoms with van der Waals surface area (Å²) < 4.78 is 0. The van der Waals surface area contributed by atoms with E-state index in [0.29, 0.717) is 13.0 Å². The van der Waals surface area contributed by atoms with E-state index in [0.717, 1.165) is 16.7 Å². The van der Waals surface area contributed by atoms with Gasteiger partial charge in [0.1, 0.15) is 0 Å². The Balaban J connectivity index is 2.02. The molecule has 2 N–H and O–H groups in total. The Morgan fingerprint density at radius 3 is 2.45 bits per heavy atom. The van der Waals surface area contributed by atoms with Crippen LogP contribution >= 0.6 is 0 Å². The molecule has 0 saturated heterocycles. The zero-order valence-electron chi connectivity index (χ0n) is 12.0. The van der Waals surface area contributed by atoms with Crippen molar-refractivity contribution in [2.45, 2.75) is 13.0 Å². The Bertz CT molecular complexity index is 693. The second-order valence-electron chi connectivity index (χ2n) is 4.80. The molecule has 0 spiro atoms. The molecule has 1 heterocycles. The lowest BCUT2D eigenvalue weighted by Crippen LogP contribution is -2.19. The zero-order valence-corrected chi connectivity index (χ0v) is 12.0. The SMILES string of the molecule is C=CC(=O)NCc1ccc(Cc2cncc(C(=O)O)c2)cc1. The molecule has 0 bridgehead atoms. The van der Waals surface area contributed by atoms with Gasteiger partial charge in [0.2, 0.25) is 5.91 Å². The summed E-state index contributed by atoms with van der Waals surface area (Å²) in [5, 5.41) is 11.7. The van der Waals surface area contributed by atoms with Crippen LogP contribution in [0.15, 0.2) is 55.4 Å². The number of rotatable bonds is 6. The summed E-state index contributed by atoms with van der Waals surface area (Å²) in [6.07, 6.45) is 4.83. The van der Waals surface area contributed by atoms with Crippen LogP contribution in [-0.4, -0.2) is 22.0 Å². The number of hydrogen-bond donors (Lipinski definition) is 2. The topological polar surface area (TPSA) is 79.3 Å². The average Bonchev–Trinajstić information content (AvgIpc) is 2.54. The Morgan fingerprint density at radius 2 is 1.82 bits per heavy atom. The van der Waals surface area contributed by atoms with Gasteiger partial charge in [0.05, 0.1) is 5.56 Å². The number of carbonyl (C=O) groups is 2. The molecule has 0 fully saturated rings. The van der Waals surface area contributed by atoms with Crippen molar-refractivity contribution in [3.05, 3.63) is 77.6 Å². The average molecular weight is 296 g/mol. The summed E-state index contributed by atoms with van der Waals surface area (Å²) >= 11 is 0. The zero-order chi connectivity index (χ0) is 15.9. The van der Waals surface area contributed by atoms with Gasteiger partial charge >= 0.3 is 5.97 Å². The molecular weight excluding hydrogens is 280 g/mol. The third-order valence-electron chi connectivity index (χ3n) is 3.13. The molecule has 0 aliphatic heterocycles. The van der Waals surface area contributed by atoms with Crippen molar-refractivity contribution in [2.75, 3.05) is 0 Å². The molecule has 1 amide bonds. The van der Waals surface area contributed by atoms with Crippen molar-refractivity contribution in [1.82, 2.24) is 10.3 Å². The normalized spacial score (nSPS) is 10.0. The maximum Gasteiger partial charge on any atom is 0.337 e. The molecule has 0 radical (unpaired) electrons. The number of benzene rings is 1. The van der Waals surface area contributed by atoms with Crippen molar-refractivity contribution in [1.29, 1.82) is 0 Å². The molecule has 0 saturated carbocycles. The number of amides is 1. The van der Waals surface area contributed by atoms with Crippen LogP contribution in [0.3, 0.4) is 0 Å². The first kappa shape index (κ1) is 15.4. The van der Waals surface area contributed by atoms with Crippen molar-refractivity contribution in [3.8, 4) is 0 Å². The van der Waals surface area contributed by atoms with Crippen LogP contribution in [0.25, 0.3) is 0 Å². The first-order valence-electron chi connectivity index (χ1n) is 6.74. The predicted molar refractivity (Wildman–Crippen MR) is 82.5 cm³/mol. The minimum Gasteiger partial charge on any atom is -0.478 e. The van der Waals surface area contributed by atoms with Gasteiger partial charge in [0, 0.05) is 18.9 Å². The van der Waals surface area contributed by atoms with E-state index >= 15 is 0 Å². The van der Waals surface area contributed by atoms with Gasteiger partial charge in [-0.15, -0.1) is 0 Å². The highest BCUT2D eigenvalue weighted by Crippen LogP contribution is 2.12. The number of nitrogens with one attached hydrogen (secondary N) is 1. The van der Waals surface area contributed by atoms with Gasteiger partial charge in [-0.05, 0) is 35.3 Å². The lowest BCUT2D eigenvalue weighted by molar-refractivity contribution is -0.116.